The number of halogens is 2. The zero-order valence-electron chi connectivity index (χ0n) is 11.6. The van der Waals surface area contributed by atoms with Crippen molar-refractivity contribution in [3.63, 3.8) is 0 Å². The molecule has 1 aromatic carbocycles. The summed E-state index contributed by atoms with van der Waals surface area (Å²) < 4.78 is 0. The number of carbonyl (C=O) groups is 1. The smallest absolute Gasteiger partial charge is 0.237 e. The quantitative estimate of drug-likeness (QED) is 0.624. The molecule has 1 aromatic rings. The first-order valence-corrected chi connectivity index (χ1v) is 8.18. The van der Waals surface area contributed by atoms with Crippen LogP contribution in [0.5, 0.6) is 0 Å². The number of nitrogens with two attached hydrogens (primary N) is 1. The van der Waals surface area contributed by atoms with E-state index in [2.05, 4.69) is 5.32 Å². The van der Waals surface area contributed by atoms with Crippen LogP contribution in [0.2, 0.25) is 10.0 Å². The second-order valence-corrected chi connectivity index (χ2v) is 6.72. The second kappa shape index (κ2) is 6.95. The van der Waals surface area contributed by atoms with Gasteiger partial charge in [0, 0.05) is 5.02 Å². The molecule has 21 heavy (non-hydrogen) atoms. The summed E-state index contributed by atoms with van der Waals surface area (Å²) >= 11 is 17.2. The molecule has 3 N–H and O–H groups in total. The van der Waals surface area contributed by atoms with Gasteiger partial charge in [-0.15, -0.1) is 0 Å². The third kappa shape index (κ3) is 3.68. The Hall–Kier alpha value is -0.840. The summed E-state index contributed by atoms with van der Waals surface area (Å²) in [6.45, 7) is 0. The second-order valence-electron chi connectivity index (χ2n) is 5.44. The van der Waals surface area contributed by atoms with Crippen LogP contribution in [-0.4, -0.2) is 10.9 Å². The van der Waals surface area contributed by atoms with Gasteiger partial charge in [-0.3, -0.25) is 4.79 Å². The Morgan fingerprint density at radius 1 is 1.19 bits per heavy atom. The molecule has 0 saturated heterocycles. The number of carbonyl (C=O) groups excluding carboxylic acids is 1. The van der Waals surface area contributed by atoms with Crippen molar-refractivity contribution in [1.82, 2.24) is 0 Å². The lowest BCUT2D eigenvalue weighted by molar-refractivity contribution is -0.122. The van der Waals surface area contributed by atoms with E-state index in [1.54, 1.807) is 18.2 Å². The van der Waals surface area contributed by atoms with Gasteiger partial charge in [-0.2, -0.15) is 0 Å². The summed E-state index contributed by atoms with van der Waals surface area (Å²) in [6, 6.07) is 4.96. The Morgan fingerprint density at radius 2 is 1.81 bits per heavy atom. The van der Waals surface area contributed by atoms with Gasteiger partial charge in [-0.1, -0.05) is 61.1 Å². The third-order valence-electron chi connectivity index (χ3n) is 4.04. The number of thiocarbonyl (C=S) groups is 1. The molecule has 0 aromatic heterocycles. The maximum atomic E-state index is 12.8. The maximum Gasteiger partial charge on any atom is 0.237 e. The van der Waals surface area contributed by atoms with E-state index < -0.39 is 5.41 Å². The third-order valence-corrected chi connectivity index (χ3v) is 5.00. The van der Waals surface area contributed by atoms with Gasteiger partial charge in [0.05, 0.1) is 21.1 Å². The molecule has 1 amide bonds. The molecule has 0 atom stereocenters. The van der Waals surface area contributed by atoms with E-state index in [0.29, 0.717) is 28.6 Å². The number of hydrogen-bond acceptors (Lipinski definition) is 2. The standard InChI is InChI=1S/C15H18Cl2N2OS/c16-10-5-6-11(17)12(9-10)19-14(20)15(13(18)21)7-3-1-2-4-8-15/h5-6,9H,1-4,7-8H2,(H2,18,21)(H,19,20). The number of rotatable bonds is 3. The molecular formula is C15H18Cl2N2OS. The average Bonchev–Trinajstić information content (AvgIpc) is 2.69. The van der Waals surface area contributed by atoms with Crippen LogP contribution in [0.25, 0.3) is 0 Å². The summed E-state index contributed by atoms with van der Waals surface area (Å²) in [6.07, 6.45) is 5.49. The van der Waals surface area contributed by atoms with Crippen molar-refractivity contribution in [2.24, 2.45) is 11.1 Å². The number of nitrogens with one attached hydrogen (secondary N) is 1. The highest BCUT2D eigenvalue weighted by atomic mass is 35.5. The van der Waals surface area contributed by atoms with Crippen molar-refractivity contribution >= 4 is 52.0 Å². The molecule has 1 saturated carbocycles. The van der Waals surface area contributed by atoms with Crippen molar-refractivity contribution in [3.05, 3.63) is 28.2 Å². The first-order valence-electron chi connectivity index (χ1n) is 7.02. The van der Waals surface area contributed by atoms with Crippen molar-refractivity contribution < 1.29 is 4.79 Å². The fourth-order valence-electron chi connectivity index (χ4n) is 2.75. The van der Waals surface area contributed by atoms with Crippen LogP contribution in [0.15, 0.2) is 18.2 Å². The van der Waals surface area contributed by atoms with E-state index in [-0.39, 0.29) is 10.9 Å². The molecule has 2 rings (SSSR count). The van der Waals surface area contributed by atoms with Crippen molar-refractivity contribution in [3.8, 4) is 0 Å². The van der Waals surface area contributed by atoms with Gasteiger partial charge in [-0.05, 0) is 31.0 Å². The highest BCUT2D eigenvalue weighted by Gasteiger charge is 2.41. The first-order chi connectivity index (χ1) is 9.95. The lowest BCUT2D eigenvalue weighted by Crippen LogP contribution is -2.45. The zero-order valence-corrected chi connectivity index (χ0v) is 14.0. The summed E-state index contributed by atoms with van der Waals surface area (Å²) in [4.78, 5) is 13.0. The highest BCUT2D eigenvalue weighted by molar-refractivity contribution is 7.80. The Labute approximate surface area is 140 Å². The largest absolute Gasteiger partial charge is 0.392 e. The lowest BCUT2D eigenvalue weighted by atomic mass is 9.79. The molecule has 3 nitrogen and oxygen atoms in total. The minimum absolute atomic E-state index is 0.180. The molecular weight excluding hydrogens is 327 g/mol. The van der Waals surface area contributed by atoms with Crippen molar-refractivity contribution in [1.29, 1.82) is 0 Å². The molecule has 0 unspecified atom stereocenters. The molecule has 1 aliphatic carbocycles. The fourth-order valence-corrected chi connectivity index (χ4v) is 3.39. The molecule has 0 spiro atoms. The summed E-state index contributed by atoms with van der Waals surface area (Å²) in [5.41, 5.74) is 5.62. The summed E-state index contributed by atoms with van der Waals surface area (Å²) in [5, 5.41) is 3.81. The normalized spacial score (nSPS) is 17.8. The Balaban J connectivity index is 2.26. The first kappa shape index (κ1) is 16.5. The fraction of sp³-hybridized carbons (Fsp3) is 0.467. The SMILES string of the molecule is NC(=S)C1(C(=O)Nc2cc(Cl)ccc2Cl)CCCCCC1. The minimum Gasteiger partial charge on any atom is -0.392 e. The average molecular weight is 345 g/mol. The Kier molecular flexibility index (Phi) is 5.47. The number of anilines is 1. The van der Waals surface area contributed by atoms with Crippen LogP contribution >= 0.6 is 35.4 Å². The van der Waals surface area contributed by atoms with Crippen LogP contribution < -0.4 is 11.1 Å². The molecule has 0 aliphatic heterocycles. The molecule has 0 bridgehead atoms. The van der Waals surface area contributed by atoms with Crippen molar-refractivity contribution in [2.75, 3.05) is 5.32 Å². The van der Waals surface area contributed by atoms with Crippen LogP contribution in [0.4, 0.5) is 5.69 Å². The van der Waals surface area contributed by atoms with E-state index in [1.165, 1.54) is 0 Å². The van der Waals surface area contributed by atoms with Crippen LogP contribution in [0.3, 0.4) is 0 Å². The highest BCUT2D eigenvalue weighted by Crippen LogP contribution is 2.37. The minimum atomic E-state index is -0.780. The molecule has 1 fully saturated rings. The number of amides is 1. The summed E-state index contributed by atoms with van der Waals surface area (Å²) in [5.74, 6) is -0.180. The topological polar surface area (TPSA) is 55.1 Å². The Morgan fingerprint density at radius 3 is 2.38 bits per heavy atom. The van der Waals surface area contributed by atoms with E-state index in [9.17, 15) is 4.79 Å². The van der Waals surface area contributed by atoms with Crippen LogP contribution in [-0.2, 0) is 4.79 Å². The van der Waals surface area contributed by atoms with E-state index in [4.69, 9.17) is 41.2 Å². The molecule has 1 aliphatic rings. The molecule has 0 heterocycles. The van der Waals surface area contributed by atoms with Crippen LogP contribution in [0.1, 0.15) is 38.5 Å². The maximum absolute atomic E-state index is 12.8. The lowest BCUT2D eigenvalue weighted by Gasteiger charge is -2.30. The summed E-state index contributed by atoms with van der Waals surface area (Å²) in [7, 11) is 0. The zero-order chi connectivity index (χ0) is 15.5. The van der Waals surface area contributed by atoms with E-state index >= 15 is 0 Å². The molecule has 0 radical (unpaired) electrons. The predicted molar refractivity (Wildman–Crippen MR) is 92.0 cm³/mol. The van der Waals surface area contributed by atoms with E-state index in [1.807, 2.05) is 0 Å². The van der Waals surface area contributed by atoms with Crippen molar-refractivity contribution in [2.45, 2.75) is 38.5 Å². The molecule has 6 heteroatoms. The van der Waals surface area contributed by atoms with Gasteiger partial charge < -0.3 is 11.1 Å². The van der Waals surface area contributed by atoms with Gasteiger partial charge in [0.2, 0.25) is 5.91 Å². The monoisotopic (exact) mass is 344 g/mol. The van der Waals surface area contributed by atoms with Gasteiger partial charge >= 0.3 is 0 Å². The van der Waals surface area contributed by atoms with Gasteiger partial charge in [-0.25, -0.2) is 0 Å². The Bertz CT molecular complexity index is 555. The van der Waals surface area contributed by atoms with E-state index in [0.717, 1.165) is 25.7 Å². The molecule has 114 valence electrons. The van der Waals surface area contributed by atoms with Gasteiger partial charge in [0.25, 0.3) is 0 Å². The predicted octanol–water partition coefficient (Wildman–Crippen LogP) is 4.56. The van der Waals surface area contributed by atoms with Crippen LogP contribution in [0, 0.1) is 5.41 Å². The number of hydrogen-bond donors (Lipinski definition) is 2. The van der Waals surface area contributed by atoms with Gasteiger partial charge in [0.1, 0.15) is 0 Å². The van der Waals surface area contributed by atoms with Gasteiger partial charge in [0.15, 0.2) is 0 Å². The number of benzene rings is 1.